The van der Waals surface area contributed by atoms with E-state index < -0.39 is 5.76 Å². The summed E-state index contributed by atoms with van der Waals surface area (Å²) in [7, 11) is 0. The second-order valence-corrected chi connectivity index (χ2v) is 4.95. The summed E-state index contributed by atoms with van der Waals surface area (Å²) in [6.07, 6.45) is 1.43. The van der Waals surface area contributed by atoms with E-state index in [2.05, 4.69) is 15.9 Å². The lowest BCUT2D eigenvalue weighted by Gasteiger charge is -2.00. The van der Waals surface area contributed by atoms with Gasteiger partial charge < -0.3 is 8.83 Å². The number of benzene rings is 1. The van der Waals surface area contributed by atoms with Crippen LogP contribution in [0, 0.1) is 0 Å². The third-order valence-electron chi connectivity index (χ3n) is 3.11. The van der Waals surface area contributed by atoms with Crippen LogP contribution in [0.1, 0.15) is 22.8 Å². The van der Waals surface area contributed by atoms with Gasteiger partial charge in [0.05, 0.1) is 17.3 Å². The van der Waals surface area contributed by atoms with E-state index in [1.165, 1.54) is 10.8 Å². The summed E-state index contributed by atoms with van der Waals surface area (Å²) in [5, 5.41) is 0. The molecule has 0 amide bonds. The molecule has 3 aromatic rings. The van der Waals surface area contributed by atoms with Crippen molar-refractivity contribution in [2.24, 2.45) is 0 Å². The lowest BCUT2D eigenvalue weighted by molar-refractivity contribution is 0.103. The quantitative estimate of drug-likeness (QED) is 0.689. The zero-order valence-electron chi connectivity index (χ0n) is 10.6. The Morgan fingerprint density at radius 1 is 1.35 bits per heavy atom. The third-order valence-corrected chi connectivity index (χ3v) is 3.72. The van der Waals surface area contributed by atoms with Crippen molar-refractivity contribution in [1.29, 1.82) is 0 Å². The molecule has 0 aliphatic heterocycles. The molecule has 1 aromatic carbocycles. The lowest BCUT2D eigenvalue weighted by atomic mass is 10.1. The van der Waals surface area contributed by atoms with Crippen LogP contribution in [0.25, 0.3) is 11.1 Å². The molecular weight excluding hydrogens is 326 g/mol. The van der Waals surface area contributed by atoms with Crippen LogP contribution in [-0.2, 0) is 6.54 Å². The van der Waals surface area contributed by atoms with E-state index in [0.717, 1.165) is 0 Å². The first-order valence-electron chi connectivity index (χ1n) is 6.03. The summed E-state index contributed by atoms with van der Waals surface area (Å²) in [5.74, 6) is -0.615. The zero-order valence-corrected chi connectivity index (χ0v) is 12.1. The number of aromatic nitrogens is 1. The van der Waals surface area contributed by atoms with Crippen LogP contribution in [0.3, 0.4) is 0 Å². The molecule has 0 N–H and O–H groups in total. The van der Waals surface area contributed by atoms with Crippen LogP contribution in [-0.4, -0.2) is 10.4 Å². The van der Waals surface area contributed by atoms with Gasteiger partial charge in [0.1, 0.15) is 0 Å². The maximum Gasteiger partial charge on any atom is 0.419 e. The van der Waals surface area contributed by atoms with Gasteiger partial charge in [0.15, 0.2) is 16.0 Å². The molecule has 0 atom stereocenters. The van der Waals surface area contributed by atoms with E-state index in [1.807, 2.05) is 6.92 Å². The van der Waals surface area contributed by atoms with Gasteiger partial charge in [-0.2, -0.15) is 0 Å². The Hall–Kier alpha value is -2.08. The van der Waals surface area contributed by atoms with Gasteiger partial charge in [0, 0.05) is 12.1 Å². The first-order valence-corrected chi connectivity index (χ1v) is 6.82. The third kappa shape index (κ3) is 1.92. The van der Waals surface area contributed by atoms with Gasteiger partial charge in [-0.1, -0.05) is 0 Å². The van der Waals surface area contributed by atoms with Gasteiger partial charge in [0.25, 0.3) is 0 Å². The molecule has 6 heteroatoms. The average molecular weight is 336 g/mol. The molecule has 0 unspecified atom stereocenters. The van der Waals surface area contributed by atoms with E-state index in [4.69, 9.17) is 8.83 Å². The van der Waals surface area contributed by atoms with Gasteiger partial charge in [-0.3, -0.25) is 9.36 Å². The van der Waals surface area contributed by atoms with Crippen LogP contribution in [0.4, 0.5) is 0 Å². The van der Waals surface area contributed by atoms with Gasteiger partial charge in [-0.05, 0) is 47.1 Å². The summed E-state index contributed by atoms with van der Waals surface area (Å²) in [5.41, 5.74) is 1.96. The Bertz CT molecular complexity index is 856. The normalized spacial score (nSPS) is 11.1. The smallest absolute Gasteiger partial charge is 0.419 e. The number of halogens is 1. The number of furan rings is 1. The minimum atomic E-state index is -0.420. The van der Waals surface area contributed by atoms with E-state index in [1.54, 1.807) is 24.3 Å². The fourth-order valence-electron chi connectivity index (χ4n) is 2.12. The van der Waals surface area contributed by atoms with Crippen LogP contribution in [0.2, 0.25) is 0 Å². The molecular formula is C14H10BrNO4. The highest BCUT2D eigenvalue weighted by Gasteiger charge is 2.17. The maximum absolute atomic E-state index is 12.3. The molecule has 0 saturated heterocycles. The predicted octanol–water partition coefficient (Wildman–Crippen LogP) is 3.20. The number of carbonyl (C=O) groups excluding carboxylic acids is 1. The van der Waals surface area contributed by atoms with Crippen molar-refractivity contribution < 1.29 is 13.6 Å². The van der Waals surface area contributed by atoms with Crippen molar-refractivity contribution in [3.05, 3.63) is 56.9 Å². The van der Waals surface area contributed by atoms with Crippen LogP contribution < -0.4 is 5.76 Å². The highest BCUT2D eigenvalue weighted by atomic mass is 79.9. The minimum Gasteiger partial charge on any atom is -0.457 e. The number of nitrogens with zero attached hydrogens (tertiary/aromatic N) is 1. The summed E-state index contributed by atoms with van der Waals surface area (Å²) >= 11 is 3.18. The molecule has 2 aromatic heterocycles. The number of rotatable bonds is 3. The molecule has 0 radical (unpaired) electrons. The highest BCUT2D eigenvalue weighted by molar-refractivity contribution is 9.10. The van der Waals surface area contributed by atoms with Gasteiger partial charge >= 0.3 is 5.76 Å². The number of fused-ring (bicyclic) bond motifs is 1. The Morgan fingerprint density at radius 3 is 2.80 bits per heavy atom. The molecule has 0 fully saturated rings. The van der Waals surface area contributed by atoms with Crippen LogP contribution in [0.5, 0.6) is 0 Å². The van der Waals surface area contributed by atoms with E-state index in [-0.39, 0.29) is 5.78 Å². The van der Waals surface area contributed by atoms with Crippen molar-refractivity contribution in [1.82, 2.24) is 4.57 Å². The first kappa shape index (κ1) is 12.9. The molecule has 0 spiro atoms. The Kier molecular flexibility index (Phi) is 3.10. The van der Waals surface area contributed by atoms with Crippen molar-refractivity contribution >= 4 is 32.8 Å². The SMILES string of the molecule is CCn1c(=O)oc2cc(C(=O)c3ccoc3Br)ccc21. The number of carbonyl (C=O) groups is 1. The summed E-state index contributed by atoms with van der Waals surface area (Å²) in [4.78, 5) is 23.9. The Labute approximate surface area is 121 Å². The Balaban J connectivity index is 2.12. The molecule has 3 rings (SSSR count). The van der Waals surface area contributed by atoms with Gasteiger partial charge in [-0.15, -0.1) is 0 Å². The molecule has 2 heterocycles. The second kappa shape index (κ2) is 4.79. The first-order chi connectivity index (χ1) is 9.61. The molecule has 102 valence electrons. The zero-order chi connectivity index (χ0) is 14.3. The number of hydrogen-bond acceptors (Lipinski definition) is 4. The predicted molar refractivity (Wildman–Crippen MR) is 76.0 cm³/mol. The fraction of sp³-hybridized carbons (Fsp3) is 0.143. The standard InChI is InChI=1S/C14H10BrNO4/c1-2-16-10-4-3-8(7-11(10)20-14(16)18)12(17)9-5-6-19-13(9)15/h3-7H,2H2,1H3. The van der Waals surface area contributed by atoms with E-state index >= 15 is 0 Å². The van der Waals surface area contributed by atoms with Gasteiger partial charge in [0.2, 0.25) is 0 Å². The lowest BCUT2D eigenvalue weighted by Crippen LogP contribution is -2.11. The fourth-order valence-corrected chi connectivity index (χ4v) is 2.54. The van der Waals surface area contributed by atoms with Crippen LogP contribution >= 0.6 is 15.9 Å². The average Bonchev–Trinajstić information content (AvgIpc) is 2.99. The monoisotopic (exact) mass is 335 g/mol. The summed E-state index contributed by atoms with van der Waals surface area (Å²) < 4.78 is 12.1. The number of ketones is 1. The van der Waals surface area contributed by atoms with E-state index in [9.17, 15) is 9.59 Å². The minimum absolute atomic E-state index is 0.195. The molecule has 0 bridgehead atoms. The number of hydrogen-bond donors (Lipinski definition) is 0. The van der Waals surface area contributed by atoms with Crippen LogP contribution in [0.15, 0.2) is 48.8 Å². The topological polar surface area (TPSA) is 65.3 Å². The largest absolute Gasteiger partial charge is 0.457 e. The highest BCUT2D eigenvalue weighted by Crippen LogP contribution is 2.23. The molecule has 20 heavy (non-hydrogen) atoms. The molecule has 0 aliphatic rings. The molecule has 5 nitrogen and oxygen atoms in total. The summed E-state index contributed by atoms with van der Waals surface area (Å²) in [6, 6.07) is 6.55. The summed E-state index contributed by atoms with van der Waals surface area (Å²) in [6.45, 7) is 2.38. The van der Waals surface area contributed by atoms with Gasteiger partial charge in [-0.25, -0.2) is 4.79 Å². The van der Waals surface area contributed by atoms with E-state index in [0.29, 0.717) is 33.4 Å². The Morgan fingerprint density at radius 2 is 2.15 bits per heavy atom. The molecule has 0 saturated carbocycles. The van der Waals surface area contributed by atoms with Crippen molar-refractivity contribution in [3.8, 4) is 0 Å². The van der Waals surface area contributed by atoms with Crippen molar-refractivity contribution in [3.63, 3.8) is 0 Å². The maximum atomic E-state index is 12.3. The number of aryl methyl sites for hydroxylation is 1. The molecule has 0 aliphatic carbocycles. The second-order valence-electron chi connectivity index (χ2n) is 4.23. The number of oxazole rings is 1. The van der Waals surface area contributed by atoms with Crippen molar-refractivity contribution in [2.75, 3.05) is 0 Å². The van der Waals surface area contributed by atoms with Crippen molar-refractivity contribution in [2.45, 2.75) is 13.5 Å².